The number of rotatable bonds is 6. The van der Waals surface area contributed by atoms with Gasteiger partial charge in [0.2, 0.25) is 11.0 Å². The van der Waals surface area contributed by atoms with E-state index in [4.69, 9.17) is 4.74 Å². The molecule has 5 nitrogen and oxygen atoms in total. The van der Waals surface area contributed by atoms with Crippen molar-refractivity contribution in [3.63, 3.8) is 0 Å². The molecule has 0 saturated heterocycles. The van der Waals surface area contributed by atoms with Crippen LogP contribution in [0.5, 0.6) is 5.75 Å². The molecule has 0 aliphatic rings. The van der Waals surface area contributed by atoms with Crippen molar-refractivity contribution in [2.75, 3.05) is 12.4 Å². The summed E-state index contributed by atoms with van der Waals surface area (Å²) < 4.78 is 43.0. The molecule has 0 spiro atoms. The van der Waals surface area contributed by atoms with Crippen LogP contribution in [0.1, 0.15) is 23.4 Å². The molecule has 1 amide bonds. The number of alkyl halides is 2. The van der Waals surface area contributed by atoms with E-state index in [2.05, 4.69) is 15.5 Å². The summed E-state index contributed by atoms with van der Waals surface area (Å²) in [6.07, 6.45) is -2.35. The minimum Gasteiger partial charge on any atom is -0.494 e. The molecule has 9 heteroatoms. The molecule has 0 saturated carbocycles. The van der Waals surface area contributed by atoms with E-state index in [1.807, 2.05) is 0 Å². The van der Waals surface area contributed by atoms with Crippen molar-refractivity contribution >= 4 is 22.4 Å². The molecule has 0 fully saturated rings. The summed E-state index contributed by atoms with van der Waals surface area (Å²) in [6.45, 7) is 0. The van der Waals surface area contributed by atoms with Crippen LogP contribution in [0.3, 0.4) is 0 Å². The number of aryl methyl sites for hydroxylation is 1. The first-order chi connectivity index (χ1) is 10.5. The number of methoxy groups -OCH3 is 1. The lowest BCUT2D eigenvalue weighted by atomic mass is 10.1. The first-order valence-electron chi connectivity index (χ1n) is 6.23. The largest absolute Gasteiger partial charge is 0.494 e. The zero-order valence-corrected chi connectivity index (χ0v) is 12.3. The third-order valence-corrected chi connectivity index (χ3v) is 3.58. The van der Waals surface area contributed by atoms with E-state index in [-0.39, 0.29) is 17.3 Å². The van der Waals surface area contributed by atoms with E-state index in [9.17, 15) is 18.0 Å². The Morgan fingerprint density at radius 2 is 2.18 bits per heavy atom. The van der Waals surface area contributed by atoms with Crippen LogP contribution in [0.4, 0.5) is 18.3 Å². The maximum Gasteiger partial charge on any atom is 0.291 e. The number of halogens is 3. The Morgan fingerprint density at radius 3 is 2.77 bits per heavy atom. The summed E-state index contributed by atoms with van der Waals surface area (Å²) >= 11 is 0.618. The van der Waals surface area contributed by atoms with Gasteiger partial charge in [-0.3, -0.25) is 4.79 Å². The Kier molecular flexibility index (Phi) is 5.31. The molecule has 0 radical (unpaired) electrons. The molecular weight excluding hydrogens is 319 g/mol. The molecule has 0 aliphatic heterocycles. The highest BCUT2D eigenvalue weighted by molar-refractivity contribution is 7.15. The summed E-state index contributed by atoms with van der Waals surface area (Å²) in [6, 6.07) is 4.41. The smallest absolute Gasteiger partial charge is 0.291 e. The van der Waals surface area contributed by atoms with Crippen LogP contribution in [0.25, 0.3) is 0 Å². The highest BCUT2D eigenvalue weighted by Gasteiger charge is 2.15. The number of ether oxygens (including phenoxy) is 1. The van der Waals surface area contributed by atoms with E-state index >= 15 is 0 Å². The zero-order chi connectivity index (χ0) is 16.1. The van der Waals surface area contributed by atoms with Gasteiger partial charge in [-0.05, 0) is 24.1 Å². The highest BCUT2D eigenvalue weighted by atomic mass is 32.1. The van der Waals surface area contributed by atoms with Gasteiger partial charge in [0.15, 0.2) is 16.6 Å². The van der Waals surface area contributed by atoms with Gasteiger partial charge in [0, 0.05) is 6.42 Å². The molecule has 22 heavy (non-hydrogen) atoms. The summed E-state index contributed by atoms with van der Waals surface area (Å²) in [5, 5.41) is 8.65. The zero-order valence-electron chi connectivity index (χ0n) is 11.5. The second-order valence-electron chi connectivity index (χ2n) is 4.26. The van der Waals surface area contributed by atoms with Crippen molar-refractivity contribution in [1.29, 1.82) is 0 Å². The number of nitrogens with one attached hydrogen (secondary N) is 1. The second-order valence-corrected chi connectivity index (χ2v) is 5.27. The average molecular weight is 331 g/mol. The summed E-state index contributed by atoms with van der Waals surface area (Å²) in [4.78, 5) is 11.7. The minimum absolute atomic E-state index is 0.0150. The van der Waals surface area contributed by atoms with Crippen LogP contribution in [0.2, 0.25) is 0 Å². The molecule has 0 bridgehead atoms. The van der Waals surface area contributed by atoms with Gasteiger partial charge in [0.1, 0.15) is 0 Å². The molecule has 2 rings (SSSR count). The molecule has 0 atom stereocenters. The maximum atomic E-state index is 13.5. The SMILES string of the molecule is COc1ccc(CCC(=O)Nc2nnc(C(F)F)s2)cc1F. The second kappa shape index (κ2) is 7.21. The first-order valence-corrected chi connectivity index (χ1v) is 7.05. The number of amides is 1. The van der Waals surface area contributed by atoms with Crippen molar-refractivity contribution in [2.24, 2.45) is 0 Å². The number of aromatic nitrogens is 2. The molecule has 1 aromatic carbocycles. The van der Waals surface area contributed by atoms with Gasteiger partial charge in [0.25, 0.3) is 6.43 Å². The standard InChI is InChI=1S/C13H12F3N3O2S/c1-21-9-4-2-7(6-8(9)14)3-5-10(20)17-13-19-18-12(22-13)11(15)16/h2,4,6,11H,3,5H2,1H3,(H,17,19,20). The van der Waals surface area contributed by atoms with Crippen LogP contribution in [0, 0.1) is 5.82 Å². The van der Waals surface area contributed by atoms with E-state index in [0.717, 1.165) is 0 Å². The third-order valence-electron chi connectivity index (χ3n) is 2.73. The normalized spacial score (nSPS) is 10.8. The van der Waals surface area contributed by atoms with E-state index < -0.39 is 23.2 Å². The summed E-state index contributed by atoms with van der Waals surface area (Å²) in [5.41, 5.74) is 0.624. The first kappa shape index (κ1) is 16.2. The Bertz CT molecular complexity index is 664. The number of anilines is 1. The minimum atomic E-state index is -2.72. The Labute approximate surface area is 128 Å². The lowest BCUT2D eigenvalue weighted by Crippen LogP contribution is -2.12. The van der Waals surface area contributed by atoms with E-state index in [1.54, 1.807) is 6.07 Å². The Hall–Kier alpha value is -2.16. The van der Waals surface area contributed by atoms with E-state index in [1.165, 1.54) is 19.2 Å². The fourth-order valence-electron chi connectivity index (χ4n) is 1.68. The Morgan fingerprint density at radius 1 is 1.41 bits per heavy atom. The fraction of sp³-hybridized carbons (Fsp3) is 0.308. The van der Waals surface area contributed by atoms with Gasteiger partial charge < -0.3 is 10.1 Å². The third kappa shape index (κ3) is 4.17. The quantitative estimate of drug-likeness (QED) is 0.883. The summed E-state index contributed by atoms with van der Waals surface area (Å²) in [7, 11) is 1.36. The molecule has 2 aromatic rings. The van der Waals surface area contributed by atoms with Crippen molar-refractivity contribution in [3.05, 3.63) is 34.6 Å². The van der Waals surface area contributed by atoms with Crippen LogP contribution >= 0.6 is 11.3 Å². The van der Waals surface area contributed by atoms with Crippen LogP contribution in [-0.2, 0) is 11.2 Å². The number of carbonyl (C=O) groups is 1. The van der Waals surface area contributed by atoms with Gasteiger partial charge in [-0.1, -0.05) is 17.4 Å². The maximum absolute atomic E-state index is 13.5. The van der Waals surface area contributed by atoms with Crippen molar-refractivity contribution < 1.29 is 22.7 Å². The molecule has 0 aliphatic carbocycles. The lowest BCUT2D eigenvalue weighted by molar-refractivity contribution is -0.116. The van der Waals surface area contributed by atoms with Crippen LogP contribution < -0.4 is 10.1 Å². The molecule has 118 valence electrons. The van der Waals surface area contributed by atoms with Gasteiger partial charge in [-0.25, -0.2) is 13.2 Å². The topological polar surface area (TPSA) is 64.1 Å². The van der Waals surface area contributed by atoms with Crippen LogP contribution in [-0.4, -0.2) is 23.2 Å². The van der Waals surface area contributed by atoms with Crippen molar-refractivity contribution in [1.82, 2.24) is 10.2 Å². The lowest BCUT2D eigenvalue weighted by Gasteiger charge is -2.05. The molecule has 0 unspecified atom stereocenters. The van der Waals surface area contributed by atoms with Gasteiger partial charge >= 0.3 is 0 Å². The average Bonchev–Trinajstić information content (AvgIpc) is 2.94. The summed E-state index contributed by atoms with van der Waals surface area (Å²) in [5.74, 6) is -0.791. The molecular formula is C13H12F3N3O2S. The number of benzene rings is 1. The molecule has 1 N–H and O–H groups in total. The van der Waals surface area contributed by atoms with Gasteiger partial charge in [-0.15, -0.1) is 10.2 Å². The highest BCUT2D eigenvalue weighted by Crippen LogP contribution is 2.25. The number of carbonyl (C=O) groups excluding carboxylic acids is 1. The molecule has 1 heterocycles. The number of nitrogens with zero attached hydrogens (tertiary/aromatic N) is 2. The van der Waals surface area contributed by atoms with Crippen LogP contribution in [0.15, 0.2) is 18.2 Å². The molecule has 1 aromatic heterocycles. The van der Waals surface area contributed by atoms with Crippen molar-refractivity contribution in [3.8, 4) is 5.75 Å². The predicted molar refractivity (Wildman–Crippen MR) is 74.8 cm³/mol. The monoisotopic (exact) mass is 331 g/mol. The Balaban J connectivity index is 1.88. The van der Waals surface area contributed by atoms with Gasteiger partial charge in [0.05, 0.1) is 7.11 Å². The predicted octanol–water partition coefficient (Wildman–Crippen LogP) is 3.19. The fourth-order valence-corrected chi connectivity index (χ4v) is 2.29. The van der Waals surface area contributed by atoms with Gasteiger partial charge in [-0.2, -0.15) is 0 Å². The number of hydrogen-bond acceptors (Lipinski definition) is 5. The number of hydrogen-bond donors (Lipinski definition) is 1. The van der Waals surface area contributed by atoms with E-state index in [0.29, 0.717) is 23.3 Å². The van der Waals surface area contributed by atoms with Crippen molar-refractivity contribution in [2.45, 2.75) is 19.3 Å².